The number of halogens is 1. The molecular formula is C15H16BrN3O. The second-order valence-corrected chi connectivity index (χ2v) is 5.57. The van der Waals surface area contributed by atoms with E-state index in [9.17, 15) is 4.79 Å². The number of anilines is 2. The summed E-state index contributed by atoms with van der Waals surface area (Å²) in [6, 6.07) is 9.29. The van der Waals surface area contributed by atoms with Gasteiger partial charge in [-0.3, -0.25) is 4.79 Å². The van der Waals surface area contributed by atoms with E-state index in [1.54, 1.807) is 12.3 Å². The summed E-state index contributed by atoms with van der Waals surface area (Å²) < 4.78 is 0.921. The van der Waals surface area contributed by atoms with Gasteiger partial charge < -0.3 is 10.2 Å². The summed E-state index contributed by atoms with van der Waals surface area (Å²) in [6.45, 7) is 1.95. The normalized spacial score (nSPS) is 10.2. The van der Waals surface area contributed by atoms with E-state index >= 15 is 0 Å². The maximum atomic E-state index is 12.2. The summed E-state index contributed by atoms with van der Waals surface area (Å²) >= 11 is 3.39. The van der Waals surface area contributed by atoms with Gasteiger partial charge in [0.2, 0.25) is 0 Å². The van der Waals surface area contributed by atoms with Crippen molar-refractivity contribution in [3.8, 4) is 0 Å². The number of pyridine rings is 1. The molecule has 20 heavy (non-hydrogen) atoms. The van der Waals surface area contributed by atoms with E-state index in [1.807, 2.05) is 50.2 Å². The van der Waals surface area contributed by atoms with Gasteiger partial charge in [0.15, 0.2) is 0 Å². The Bertz CT molecular complexity index is 641. The van der Waals surface area contributed by atoms with E-state index in [0.29, 0.717) is 11.4 Å². The highest BCUT2D eigenvalue weighted by molar-refractivity contribution is 9.10. The Morgan fingerprint density at radius 1 is 1.30 bits per heavy atom. The van der Waals surface area contributed by atoms with Crippen LogP contribution >= 0.6 is 15.9 Å². The molecule has 1 amide bonds. The van der Waals surface area contributed by atoms with Gasteiger partial charge in [0.1, 0.15) is 5.82 Å². The quantitative estimate of drug-likeness (QED) is 0.935. The third kappa shape index (κ3) is 3.36. The minimum Gasteiger partial charge on any atom is -0.378 e. The predicted octanol–water partition coefficient (Wildman–Crippen LogP) is 3.47. The van der Waals surface area contributed by atoms with Gasteiger partial charge >= 0.3 is 0 Å². The summed E-state index contributed by atoms with van der Waals surface area (Å²) in [6.07, 6.45) is 1.68. The number of amides is 1. The molecule has 1 aromatic heterocycles. The Hall–Kier alpha value is -1.88. The lowest BCUT2D eigenvalue weighted by molar-refractivity contribution is 0.102. The van der Waals surface area contributed by atoms with E-state index in [2.05, 4.69) is 26.2 Å². The molecule has 0 aliphatic carbocycles. The van der Waals surface area contributed by atoms with Crippen LogP contribution in [-0.4, -0.2) is 25.0 Å². The first-order valence-corrected chi connectivity index (χ1v) is 6.97. The van der Waals surface area contributed by atoms with E-state index in [0.717, 1.165) is 15.7 Å². The summed E-state index contributed by atoms with van der Waals surface area (Å²) in [5, 5.41) is 2.80. The fourth-order valence-corrected chi connectivity index (χ4v) is 1.94. The molecule has 0 saturated heterocycles. The lowest BCUT2D eigenvalue weighted by Gasteiger charge is -2.13. The zero-order chi connectivity index (χ0) is 14.7. The molecule has 0 aliphatic rings. The minimum atomic E-state index is -0.164. The molecule has 0 radical (unpaired) electrons. The van der Waals surface area contributed by atoms with Crippen molar-refractivity contribution < 1.29 is 4.79 Å². The molecule has 2 aromatic rings. The number of carbonyl (C=O) groups is 1. The van der Waals surface area contributed by atoms with Crippen LogP contribution in [0, 0.1) is 6.92 Å². The molecule has 4 nitrogen and oxygen atoms in total. The molecule has 1 heterocycles. The van der Waals surface area contributed by atoms with E-state index in [-0.39, 0.29) is 5.91 Å². The van der Waals surface area contributed by atoms with Gasteiger partial charge in [0, 0.05) is 36.0 Å². The Kier molecular flexibility index (Phi) is 4.39. The molecule has 0 fully saturated rings. The van der Waals surface area contributed by atoms with E-state index in [1.165, 1.54) is 0 Å². The van der Waals surface area contributed by atoms with Crippen molar-refractivity contribution >= 4 is 33.3 Å². The molecule has 0 atom stereocenters. The largest absolute Gasteiger partial charge is 0.378 e. The molecular weight excluding hydrogens is 318 g/mol. The first-order valence-electron chi connectivity index (χ1n) is 6.18. The Balaban J connectivity index is 2.19. The summed E-state index contributed by atoms with van der Waals surface area (Å²) in [4.78, 5) is 18.3. The molecule has 1 N–H and O–H groups in total. The fraction of sp³-hybridized carbons (Fsp3) is 0.200. The smallest absolute Gasteiger partial charge is 0.256 e. The number of aromatic nitrogens is 1. The average molecular weight is 334 g/mol. The van der Waals surface area contributed by atoms with Crippen LogP contribution in [-0.2, 0) is 0 Å². The van der Waals surface area contributed by atoms with Crippen LogP contribution in [0.1, 0.15) is 15.9 Å². The van der Waals surface area contributed by atoms with Gasteiger partial charge in [-0.1, -0.05) is 6.07 Å². The highest BCUT2D eigenvalue weighted by atomic mass is 79.9. The topological polar surface area (TPSA) is 45.2 Å². The van der Waals surface area contributed by atoms with Gasteiger partial charge in [-0.15, -0.1) is 0 Å². The second-order valence-electron chi connectivity index (χ2n) is 4.72. The third-order valence-corrected chi connectivity index (χ3v) is 3.74. The van der Waals surface area contributed by atoms with Gasteiger partial charge in [-0.25, -0.2) is 4.98 Å². The number of aryl methyl sites for hydroxylation is 1. The first kappa shape index (κ1) is 14.5. The lowest BCUT2D eigenvalue weighted by Crippen LogP contribution is -2.15. The van der Waals surface area contributed by atoms with Crippen molar-refractivity contribution in [2.75, 3.05) is 24.3 Å². The van der Waals surface area contributed by atoms with Crippen LogP contribution in [0.5, 0.6) is 0 Å². The number of rotatable bonds is 3. The van der Waals surface area contributed by atoms with Crippen molar-refractivity contribution in [3.63, 3.8) is 0 Å². The van der Waals surface area contributed by atoms with Gasteiger partial charge in [-0.05, 0) is 52.7 Å². The van der Waals surface area contributed by atoms with E-state index in [4.69, 9.17) is 0 Å². The Morgan fingerprint density at radius 3 is 2.70 bits per heavy atom. The first-order chi connectivity index (χ1) is 9.47. The van der Waals surface area contributed by atoms with Crippen molar-refractivity contribution in [1.29, 1.82) is 0 Å². The molecule has 0 saturated carbocycles. The SMILES string of the molecule is Cc1cc(NC(=O)c2cccc(N(C)C)c2)ncc1Br. The predicted molar refractivity (Wildman–Crippen MR) is 85.4 cm³/mol. The number of benzene rings is 1. The molecule has 0 unspecified atom stereocenters. The van der Waals surface area contributed by atoms with Crippen LogP contribution in [0.2, 0.25) is 0 Å². The van der Waals surface area contributed by atoms with Crippen molar-refractivity contribution in [3.05, 3.63) is 52.1 Å². The Morgan fingerprint density at radius 2 is 2.05 bits per heavy atom. The molecule has 0 aliphatic heterocycles. The average Bonchev–Trinajstić information content (AvgIpc) is 2.43. The van der Waals surface area contributed by atoms with Gasteiger partial charge in [-0.2, -0.15) is 0 Å². The summed E-state index contributed by atoms with van der Waals surface area (Å²) in [5.41, 5.74) is 2.62. The number of carbonyl (C=O) groups excluding carboxylic acids is 1. The van der Waals surface area contributed by atoms with Crippen molar-refractivity contribution in [1.82, 2.24) is 4.98 Å². The van der Waals surface area contributed by atoms with Crippen molar-refractivity contribution in [2.45, 2.75) is 6.92 Å². The molecule has 2 rings (SSSR count). The summed E-state index contributed by atoms with van der Waals surface area (Å²) in [5.74, 6) is 0.383. The maximum absolute atomic E-state index is 12.2. The molecule has 104 valence electrons. The van der Waals surface area contributed by atoms with Crippen LogP contribution in [0.25, 0.3) is 0 Å². The molecule has 0 bridgehead atoms. The van der Waals surface area contributed by atoms with Gasteiger partial charge in [0.05, 0.1) is 0 Å². The minimum absolute atomic E-state index is 0.164. The van der Waals surface area contributed by atoms with Crippen LogP contribution in [0.15, 0.2) is 41.0 Å². The monoisotopic (exact) mass is 333 g/mol. The third-order valence-electron chi connectivity index (χ3n) is 2.91. The Labute approximate surface area is 127 Å². The lowest BCUT2D eigenvalue weighted by atomic mass is 10.2. The van der Waals surface area contributed by atoms with Crippen LogP contribution in [0.4, 0.5) is 11.5 Å². The van der Waals surface area contributed by atoms with Crippen LogP contribution in [0.3, 0.4) is 0 Å². The maximum Gasteiger partial charge on any atom is 0.256 e. The fourth-order valence-electron chi connectivity index (χ4n) is 1.72. The zero-order valence-corrected chi connectivity index (χ0v) is 13.2. The highest BCUT2D eigenvalue weighted by Gasteiger charge is 2.09. The number of hydrogen-bond donors (Lipinski definition) is 1. The standard InChI is InChI=1S/C15H16BrN3O/c1-10-7-14(17-9-13(10)16)18-15(20)11-5-4-6-12(8-11)19(2)3/h4-9H,1-3H3,(H,17,18,20). The molecule has 1 aromatic carbocycles. The van der Waals surface area contributed by atoms with Gasteiger partial charge in [0.25, 0.3) is 5.91 Å². The molecule has 0 spiro atoms. The number of hydrogen-bond acceptors (Lipinski definition) is 3. The number of nitrogens with zero attached hydrogens (tertiary/aromatic N) is 2. The second kappa shape index (κ2) is 6.05. The van der Waals surface area contributed by atoms with Crippen molar-refractivity contribution in [2.24, 2.45) is 0 Å². The number of nitrogens with one attached hydrogen (secondary N) is 1. The van der Waals surface area contributed by atoms with E-state index < -0.39 is 0 Å². The highest BCUT2D eigenvalue weighted by Crippen LogP contribution is 2.18. The summed E-state index contributed by atoms with van der Waals surface area (Å²) in [7, 11) is 3.88. The van der Waals surface area contributed by atoms with Crippen LogP contribution < -0.4 is 10.2 Å². The zero-order valence-electron chi connectivity index (χ0n) is 11.6. The molecule has 5 heteroatoms.